The van der Waals surface area contributed by atoms with E-state index in [0.717, 1.165) is 36.6 Å². The lowest BCUT2D eigenvalue weighted by Gasteiger charge is -2.46. The number of nitrogens with zero attached hydrogens (tertiary/aromatic N) is 1. The molecule has 1 aliphatic heterocycles. The molecule has 4 nitrogen and oxygen atoms in total. The van der Waals surface area contributed by atoms with Gasteiger partial charge in [-0.15, -0.1) is 0 Å². The zero-order valence-corrected chi connectivity index (χ0v) is 16.0. The lowest BCUT2D eigenvalue weighted by molar-refractivity contribution is -0.0958. The van der Waals surface area contributed by atoms with Crippen molar-refractivity contribution in [1.82, 2.24) is 10.2 Å². The summed E-state index contributed by atoms with van der Waals surface area (Å²) in [6.07, 6.45) is 2.59. The summed E-state index contributed by atoms with van der Waals surface area (Å²) in [5.74, 6) is 0.861. The maximum absolute atomic E-state index is 10.8. The second kappa shape index (κ2) is 8.47. The lowest BCUT2D eigenvalue weighted by atomic mass is 9.73. The largest absolute Gasteiger partial charge is 0.391 e. The molecule has 138 valence electrons. The van der Waals surface area contributed by atoms with Gasteiger partial charge < -0.3 is 20.1 Å². The Kier molecular flexibility index (Phi) is 6.31. The molecule has 2 fully saturated rings. The Bertz CT molecular complexity index is 564. The summed E-state index contributed by atoms with van der Waals surface area (Å²) in [4.78, 5) is 2.16. The molecule has 1 aliphatic carbocycles. The Morgan fingerprint density at radius 3 is 2.64 bits per heavy atom. The highest BCUT2D eigenvalue weighted by Gasteiger charge is 2.43. The summed E-state index contributed by atoms with van der Waals surface area (Å²) in [5.41, 5.74) is 1.16. The first kappa shape index (κ1) is 18.6. The van der Waals surface area contributed by atoms with Crippen LogP contribution < -0.4 is 5.32 Å². The molecule has 1 saturated heterocycles. The molecule has 1 saturated carbocycles. The number of rotatable bonds is 5. The van der Waals surface area contributed by atoms with Crippen LogP contribution in [0.3, 0.4) is 0 Å². The molecule has 2 N–H and O–H groups in total. The molecule has 0 bridgehead atoms. The molecule has 25 heavy (non-hydrogen) atoms. The number of aliphatic hydroxyl groups is 1. The first-order valence-corrected chi connectivity index (χ1v) is 9.90. The van der Waals surface area contributed by atoms with Crippen LogP contribution in [0.4, 0.5) is 0 Å². The van der Waals surface area contributed by atoms with Crippen molar-refractivity contribution in [3.05, 3.63) is 35.9 Å². The van der Waals surface area contributed by atoms with E-state index in [1.165, 1.54) is 6.42 Å². The van der Waals surface area contributed by atoms with E-state index < -0.39 is 6.10 Å². The van der Waals surface area contributed by atoms with Crippen molar-refractivity contribution in [2.75, 3.05) is 13.1 Å². The predicted molar refractivity (Wildman–Crippen MR) is 104 cm³/mol. The molecule has 5 atom stereocenters. The minimum Gasteiger partial charge on any atom is -0.391 e. The van der Waals surface area contributed by atoms with Crippen molar-refractivity contribution in [3.63, 3.8) is 0 Å². The van der Waals surface area contributed by atoms with E-state index in [0.29, 0.717) is 18.4 Å². The van der Waals surface area contributed by atoms with Crippen molar-refractivity contribution in [3.8, 4) is 0 Å². The fraction of sp³-hybridized carbons (Fsp3) is 0.650. The van der Waals surface area contributed by atoms with Gasteiger partial charge in [-0.2, -0.15) is 0 Å². The monoisotopic (exact) mass is 362 g/mol. The summed E-state index contributed by atoms with van der Waals surface area (Å²) >= 11 is 5.54. The number of likely N-dealkylation sites (tertiary alicyclic amines) is 1. The van der Waals surface area contributed by atoms with Gasteiger partial charge in [0.2, 0.25) is 0 Å². The van der Waals surface area contributed by atoms with Crippen molar-refractivity contribution < 1.29 is 9.84 Å². The van der Waals surface area contributed by atoms with Crippen LogP contribution in [-0.2, 0) is 11.3 Å². The van der Waals surface area contributed by atoms with E-state index in [1.807, 2.05) is 18.2 Å². The zero-order chi connectivity index (χ0) is 17.8. The highest BCUT2D eigenvalue weighted by molar-refractivity contribution is 7.80. The van der Waals surface area contributed by atoms with E-state index in [2.05, 4.69) is 36.2 Å². The second-order valence-electron chi connectivity index (χ2n) is 7.41. The van der Waals surface area contributed by atoms with Crippen LogP contribution >= 0.6 is 12.2 Å². The smallest absolute Gasteiger partial charge is 0.169 e. The fourth-order valence-electron chi connectivity index (χ4n) is 3.98. The molecular formula is C20H30N2O2S. The topological polar surface area (TPSA) is 44.7 Å². The van der Waals surface area contributed by atoms with Gasteiger partial charge in [-0.25, -0.2) is 0 Å². The van der Waals surface area contributed by atoms with E-state index >= 15 is 0 Å². The van der Waals surface area contributed by atoms with Gasteiger partial charge in [0.1, 0.15) is 0 Å². The van der Waals surface area contributed by atoms with Crippen molar-refractivity contribution in [2.45, 2.75) is 58.0 Å². The van der Waals surface area contributed by atoms with E-state index in [-0.39, 0.29) is 12.1 Å². The number of benzene rings is 1. The molecule has 0 amide bonds. The number of nitrogens with one attached hydrogen (secondary N) is 1. The Hall–Kier alpha value is -1.17. The molecule has 2 aliphatic rings. The number of aliphatic hydroxyl groups excluding tert-OH is 1. The third-order valence-corrected chi connectivity index (χ3v) is 6.19. The van der Waals surface area contributed by atoms with Crippen LogP contribution in [-0.4, -0.2) is 46.5 Å². The van der Waals surface area contributed by atoms with Gasteiger partial charge in [0.15, 0.2) is 5.11 Å². The SMILES string of the molecule is CC[C@H]1C[C@@H](O)[C@H](NC(=S)N2CCC2)[C@@H](OCc2ccccc2)[C@@H]1C. The van der Waals surface area contributed by atoms with Gasteiger partial charge in [0, 0.05) is 13.1 Å². The van der Waals surface area contributed by atoms with Crippen LogP contribution in [0, 0.1) is 11.8 Å². The first-order chi connectivity index (χ1) is 12.1. The molecule has 1 heterocycles. The van der Waals surface area contributed by atoms with Crippen molar-refractivity contribution >= 4 is 17.3 Å². The molecule has 0 spiro atoms. The van der Waals surface area contributed by atoms with Crippen LogP contribution in [0.1, 0.15) is 38.7 Å². The number of hydrogen-bond acceptors (Lipinski definition) is 3. The van der Waals surface area contributed by atoms with Crippen LogP contribution in [0.15, 0.2) is 30.3 Å². The molecule has 3 rings (SSSR count). The molecule has 0 unspecified atom stereocenters. The van der Waals surface area contributed by atoms with E-state index in [4.69, 9.17) is 17.0 Å². The van der Waals surface area contributed by atoms with Crippen molar-refractivity contribution in [1.29, 1.82) is 0 Å². The van der Waals surface area contributed by atoms with Crippen LogP contribution in [0.2, 0.25) is 0 Å². The standard InChI is InChI=1S/C20H30N2O2S/c1-3-16-12-17(23)18(21-20(25)22-10-7-11-22)19(14(16)2)24-13-15-8-5-4-6-9-15/h4-6,8-9,14,16-19,23H,3,7,10-13H2,1-2H3,(H,21,25)/t14-,16+,17-,18+,19+/m1/s1. The quantitative estimate of drug-likeness (QED) is 0.789. The molecule has 5 heteroatoms. The predicted octanol–water partition coefficient (Wildman–Crippen LogP) is 2.95. The van der Waals surface area contributed by atoms with Crippen LogP contribution in [0.5, 0.6) is 0 Å². The van der Waals surface area contributed by atoms with E-state index in [9.17, 15) is 5.11 Å². The summed E-state index contributed by atoms with van der Waals surface area (Å²) in [6.45, 7) is 7.03. The average molecular weight is 363 g/mol. The summed E-state index contributed by atoms with van der Waals surface area (Å²) in [5, 5.41) is 14.9. The number of ether oxygens (including phenoxy) is 1. The van der Waals surface area contributed by atoms with Gasteiger partial charge in [0.05, 0.1) is 24.9 Å². The maximum atomic E-state index is 10.8. The van der Waals surface area contributed by atoms with Gasteiger partial charge >= 0.3 is 0 Å². The Balaban J connectivity index is 1.70. The zero-order valence-electron chi connectivity index (χ0n) is 15.2. The Labute approximate surface area is 156 Å². The maximum Gasteiger partial charge on any atom is 0.169 e. The Morgan fingerprint density at radius 1 is 1.32 bits per heavy atom. The molecule has 0 aromatic heterocycles. The normalized spacial score (nSPS) is 32.1. The molecule has 0 radical (unpaired) electrons. The highest BCUT2D eigenvalue weighted by Crippen LogP contribution is 2.35. The van der Waals surface area contributed by atoms with Crippen molar-refractivity contribution in [2.24, 2.45) is 11.8 Å². The molecule has 1 aromatic carbocycles. The third-order valence-electron chi connectivity index (χ3n) is 5.82. The van der Waals surface area contributed by atoms with Gasteiger partial charge in [0.25, 0.3) is 0 Å². The summed E-state index contributed by atoms with van der Waals surface area (Å²) in [6, 6.07) is 10.1. The fourth-order valence-corrected chi connectivity index (χ4v) is 4.30. The minimum atomic E-state index is -0.429. The summed E-state index contributed by atoms with van der Waals surface area (Å²) in [7, 11) is 0. The van der Waals surface area contributed by atoms with E-state index in [1.54, 1.807) is 0 Å². The molecule has 1 aromatic rings. The van der Waals surface area contributed by atoms with Crippen LogP contribution in [0.25, 0.3) is 0 Å². The average Bonchev–Trinajstić information content (AvgIpc) is 2.56. The Morgan fingerprint density at radius 2 is 2.04 bits per heavy atom. The number of hydrogen-bond donors (Lipinski definition) is 2. The minimum absolute atomic E-state index is 0.0480. The lowest BCUT2D eigenvalue weighted by Crippen LogP contribution is -2.61. The highest BCUT2D eigenvalue weighted by atomic mass is 32.1. The first-order valence-electron chi connectivity index (χ1n) is 9.49. The summed E-state index contributed by atoms with van der Waals surface area (Å²) < 4.78 is 6.33. The van der Waals surface area contributed by atoms with Gasteiger partial charge in [-0.3, -0.25) is 0 Å². The van der Waals surface area contributed by atoms with Gasteiger partial charge in [-0.05, 0) is 42.5 Å². The number of thiocarbonyl (C=S) groups is 1. The second-order valence-corrected chi connectivity index (χ2v) is 7.79. The van der Waals surface area contributed by atoms with Gasteiger partial charge in [-0.1, -0.05) is 50.6 Å². The third kappa shape index (κ3) is 4.33. The molecular weight excluding hydrogens is 332 g/mol.